The summed E-state index contributed by atoms with van der Waals surface area (Å²) in [4.78, 5) is 2.25. The Morgan fingerprint density at radius 1 is 1.23 bits per heavy atom. The van der Waals surface area contributed by atoms with Crippen LogP contribution in [0.25, 0.3) is 0 Å². The molecule has 80 valence electrons. The fraction of sp³-hybridized carbons (Fsp3) is 1.00. The van der Waals surface area contributed by atoms with E-state index in [2.05, 4.69) is 45.1 Å². The van der Waals surface area contributed by atoms with E-state index in [0.717, 1.165) is 12.5 Å². The molecule has 2 heteroatoms. The van der Waals surface area contributed by atoms with Gasteiger partial charge in [0.1, 0.15) is 0 Å². The first-order valence-corrected chi connectivity index (χ1v) is 5.44. The molecule has 0 spiro atoms. The Morgan fingerprint density at radius 3 is 2.23 bits per heavy atom. The van der Waals surface area contributed by atoms with Crippen LogP contribution in [0.3, 0.4) is 0 Å². The van der Waals surface area contributed by atoms with E-state index in [4.69, 9.17) is 0 Å². The predicted octanol–water partition coefficient (Wildman–Crippen LogP) is 1.96. The topological polar surface area (TPSA) is 15.3 Å². The Bertz CT molecular complexity index is 111. The van der Waals surface area contributed by atoms with Crippen molar-refractivity contribution in [1.82, 2.24) is 10.2 Å². The molecule has 0 aromatic carbocycles. The van der Waals surface area contributed by atoms with Crippen LogP contribution in [0.15, 0.2) is 0 Å². The van der Waals surface area contributed by atoms with Gasteiger partial charge < -0.3 is 10.2 Å². The first-order chi connectivity index (χ1) is 6.06. The number of rotatable bonds is 7. The van der Waals surface area contributed by atoms with E-state index < -0.39 is 0 Å². The van der Waals surface area contributed by atoms with E-state index in [9.17, 15) is 0 Å². The lowest BCUT2D eigenvalue weighted by Crippen LogP contribution is -2.33. The molecule has 0 radical (unpaired) electrons. The first kappa shape index (κ1) is 12.9. The molecule has 0 heterocycles. The summed E-state index contributed by atoms with van der Waals surface area (Å²) in [6.45, 7) is 9.04. The smallest absolute Gasteiger partial charge is 0.00815 e. The van der Waals surface area contributed by atoms with Crippen LogP contribution >= 0.6 is 0 Å². The molecule has 0 aliphatic heterocycles. The predicted molar refractivity (Wildman–Crippen MR) is 60.1 cm³/mol. The van der Waals surface area contributed by atoms with Crippen molar-refractivity contribution < 1.29 is 0 Å². The zero-order valence-corrected chi connectivity index (χ0v) is 9.93. The summed E-state index contributed by atoms with van der Waals surface area (Å²) in [5.74, 6) is 0.797. The average Bonchev–Trinajstić information content (AvgIpc) is 1.99. The molecular weight excluding hydrogens is 160 g/mol. The Kier molecular flexibility index (Phi) is 7.29. The van der Waals surface area contributed by atoms with Gasteiger partial charge in [0.25, 0.3) is 0 Å². The lowest BCUT2D eigenvalue weighted by Gasteiger charge is -2.21. The minimum atomic E-state index is 0.701. The maximum absolute atomic E-state index is 3.54. The Morgan fingerprint density at radius 2 is 1.85 bits per heavy atom. The molecule has 0 fully saturated rings. The third-order valence-corrected chi connectivity index (χ3v) is 2.17. The normalized spacial score (nSPS) is 14.1. The average molecular weight is 186 g/mol. The highest BCUT2D eigenvalue weighted by atomic mass is 15.1. The van der Waals surface area contributed by atoms with E-state index in [1.54, 1.807) is 0 Å². The summed E-state index contributed by atoms with van der Waals surface area (Å²) in [6.07, 6.45) is 2.56. The molecule has 0 bridgehead atoms. The van der Waals surface area contributed by atoms with Crippen molar-refractivity contribution >= 4 is 0 Å². The molecule has 0 aliphatic carbocycles. The van der Waals surface area contributed by atoms with E-state index in [-0.39, 0.29) is 0 Å². The second-order valence-electron chi connectivity index (χ2n) is 4.48. The van der Waals surface area contributed by atoms with Crippen molar-refractivity contribution in [3.05, 3.63) is 0 Å². The van der Waals surface area contributed by atoms with Crippen LogP contribution in [0, 0.1) is 5.92 Å². The Labute approximate surface area is 83.7 Å². The van der Waals surface area contributed by atoms with Gasteiger partial charge in [-0.3, -0.25) is 0 Å². The van der Waals surface area contributed by atoms with E-state index in [0.29, 0.717) is 6.04 Å². The molecule has 0 aromatic rings. The van der Waals surface area contributed by atoms with E-state index in [1.807, 2.05) is 0 Å². The van der Waals surface area contributed by atoms with Crippen LogP contribution in [-0.4, -0.2) is 38.1 Å². The van der Waals surface area contributed by atoms with Gasteiger partial charge in [0.2, 0.25) is 0 Å². The molecule has 1 atom stereocenters. The zero-order valence-electron chi connectivity index (χ0n) is 9.93. The van der Waals surface area contributed by atoms with Crippen LogP contribution < -0.4 is 5.32 Å². The highest BCUT2D eigenvalue weighted by molar-refractivity contribution is 4.68. The second-order valence-corrected chi connectivity index (χ2v) is 4.48. The van der Waals surface area contributed by atoms with E-state index in [1.165, 1.54) is 19.4 Å². The summed E-state index contributed by atoms with van der Waals surface area (Å²) in [6, 6.07) is 0.701. The molecule has 0 saturated heterocycles. The molecule has 13 heavy (non-hydrogen) atoms. The fourth-order valence-corrected chi connectivity index (χ4v) is 1.57. The lowest BCUT2D eigenvalue weighted by molar-refractivity contribution is 0.333. The van der Waals surface area contributed by atoms with Crippen molar-refractivity contribution in [2.24, 2.45) is 5.92 Å². The first-order valence-electron chi connectivity index (χ1n) is 5.44. The number of nitrogens with one attached hydrogen (secondary N) is 1. The zero-order chi connectivity index (χ0) is 10.3. The van der Waals surface area contributed by atoms with Gasteiger partial charge in [-0.15, -0.1) is 0 Å². The Hall–Kier alpha value is -0.0800. The second kappa shape index (κ2) is 7.34. The standard InChI is InChI=1S/C11H26N2/c1-6-12-11(9-10(2)3)7-8-13(4)5/h10-12H,6-9H2,1-5H3. The maximum atomic E-state index is 3.54. The third-order valence-electron chi connectivity index (χ3n) is 2.17. The molecule has 0 rings (SSSR count). The van der Waals surface area contributed by atoms with Gasteiger partial charge in [-0.2, -0.15) is 0 Å². The number of hydrogen-bond donors (Lipinski definition) is 1. The van der Waals surface area contributed by atoms with Gasteiger partial charge in [0, 0.05) is 6.04 Å². The van der Waals surface area contributed by atoms with Gasteiger partial charge in [-0.05, 0) is 45.9 Å². The highest BCUT2D eigenvalue weighted by Crippen LogP contribution is 2.07. The third kappa shape index (κ3) is 8.26. The summed E-state index contributed by atoms with van der Waals surface area (Å²) >= 11 is 0. The van der Waals surface area contributed by atoms with Crippen molar-refractivity contribution in [3.8, 4) is 0 Å². The van der Waals surface area contributed by atoms with Crippen molar-refractivity contribution in [1.29, 1.82) is 0 Å². The minimum absolute atomic E-state index is 0.701. The summed E-state index contributed by atoms with van der Waals surface area (Å²) in [7, 11) is 4.27. The summed E-state index contributed by atoms with van der Waals surface area (Å²) in [5, 5.41) is 3.54. The summed E-state index contributed by atoms with van der Waals surface area (Å²) < 4.78 is 0. The monoisotopic (exact) mass is 186 g/mol. The van der Waals surface area contributed by atoms with Gasteiger partial charge >= 0.3 is 0 Å². The van der Waals surface area contributed by atoms with Crippen LogP contribution in [0.5, 0.6) is 0 Å². The largest absolute Gasteiger partial charge is 0.314 e. The molecule has 0 aromatic heterocycles. The minimum Gasteiger partial charge on any atom is -0.314 e. The lowest BCUT2D eigenvalue weighted by atomic mass is 10.0. The maximum Gasteiger partial charge on any atom is 0.00815 e. The van der Waals surface area contributed by atoms with Gasteiger partial charge in [0.15, 0.2) is 0 Å². The Balaban J connectivity index is 3.66. The van der Waals surface area contributed by atoms with Crippen LogP contribution in [0.4, 0.5) is 0 Å². The van der Waals surface area contributed by atoms with Crippen LogP contribution in [0.1, 0.15) is 33.6 Å². The molecule has 1 unspecified atom stereocenters. The van der Waals surface area contributed by atoms with E-state index >= 15 is 0 Å². The van der Waals surface area contributed by atoms with Gasteiger partial charge in [-0.25, -0.2) is 0 Å². The molecule has 0 saturated carbocycles. The highest BCUT2D eigenvalue weighted by Gasteiger charge is 2.09. The SMILES string of the molecule is CCNC(CCN(C)C)CC(C)C. The van der Waals surface area contributed by atoms with Crippen LogP contribution in [0.2, 0.25) is 0 Å². The molecule has 2 nitrogen and oxygen atoms in total. The van der Waals surface area contributed by atoms with Gasteiger partial charge in [-0.1, -0.05) is 20.8 Å². The molecular formula is C11H26N2. The van der Waals surface area contributed by atoms with Crippen molar-refractivity contribution in [3.63, 3.8) is 0 Å². The number of hydrogen-bond acceptors (Lipinski definition) is 2. The van der Waals surface area contributed by atoms with Crippen LogP contribution in [-0.2, 0) is 0 Å². The molecule has 0 aliphatic rings. The van der Waals surface area contributed by atoms with Gasteiger partial charge in [0.05, 0.1) is 0 Å². The number of nitrogens with zero attached hydrogens (tertiary/aromatic N) is 1. The quantitative estimate of drug-likeness (QED) is 0.654. The molecule has 1 N–H and O–H groups in total. The fourth-order valence-electron chi connectivity index (χ4n) is 1.57. The van der Waals surface area contributed by atoms with Crippen molar-refractivity contribution in [2.45, 2.75) is 39.7 Å². The van der Waals surface area contributed by atoms with Crippen molar-refractivity contribution in [2.75, 3.05) is 27.2 Å². The molecule has 0 amide bonds. The summed E-state index contributed by atoms with van der Waals surface area (Å²) in [5.41, 5.74) is 0.